The number of nitrogens with one attached hydrogen (secondary N) is 1. The number of aryl methyl sites for hydroxylation is 1. The zero-order valence-electron chi connectivity index (χ0n) is 13.8. The summed E-state index contributed by atoms with van der Waals surface area (Å²) in [6.07, 6.45) is 6.01. The summed E-state index contributed by atoms with van der Waals surface area (Å²) in [5, 5.41) is 14.2. The highest BCUT2D eigenvalue weighted by Gasteiger charge is 2.31. The maximum absolute atomic E-state index is 12.4. The average molecular weight is 346 g/mol. The van der Waals surface area contributed by atoms with Gasteiger partial charge in [-0.25, -0.2) is 4.98 Å². The molecule has 0 saturated carbocycles. The van der Waals surface area contributed by atoms with Gasteiger partial charge in [-0.15, -0.1) is 21.5 Å². The molecule has 24 heavy (non-hydrogen) atoms. The highest BCUT2D eigenvalue weighted by Crippen LogP contribution is 2.30. The van der Waals surface area contributed by atoms with Crippen LogP contribution in [0.5, 0.6) is 0 Å². The largest absolute Gasteiger partial charge is 0.315 e. The molecule has 1 amide bonds. The zero-order chi connectivity index (χ0) is 16.5. The second-order valence-corrected chi connectivity index (χ2v) is 7.44. The molecule has 0 unspecified atom stereocenters. The van der Waals surface area contributed by atoms with Gasteiger partial charge in [0.15, 0.2) is 5.13 Å². The van der Waals surface area contributed by atoms with Crippen molar-refractivity contribution >= 4 is 22.4 Å². The summed E-state index contributed by atoms with van der Waals surface area (Å²) in [5.74, 6) is 2.78. The van der Waals surface area contributed by atoms with Crippen molar-refractivity contribution < 1.29 is 4.79 Å². The monoisotopic (exact) mass is 346 g/mol. The smallest absolute Gasteiger partial charge is 0.243 e. The standard InChI is InChI=1S/C16H22N6OS/c1-11(15(23)18-16-17-6-10-24-16)21-8-4-12(5-9-21)14-20-19-13-3-2-7-22(13)14/h6,10-12H,2-5,7-9H2,1H3,(H,17,18,23)/t11-/m0/s1. The van der Waals surface area contributed by atoms with E-state index in [9.17, 15) is 4.79 Å². The minimum absolute atomic E-state index is 0.0202. The lowest BCUT2D eigenvalue weighted by molar-refractivity contribution is -0.121. The van der Waals surface area contributed by atoms with Gasteiger partial charge in [0.05, 0.1) is 6.04 Å². The van der Waals surface area contributed by atoms with Crippen LogP contribution in [0.4, 0.5) is 5.13 Å². The molecule has 0 spiro atoms. The van der Waals surface area contributed by atoms with Crippen LogP contribution in [0.15, 0.2) is 11.6 Å². The van der Waals surface area contributed by atoms with Gasteiger partial charge in [0.25, 0.3) is 0 Å². The molecule has 0 aromatic carbocycles. The third-order valence-electron chi connectivity index (χ3n) is 5.12. The Kier molecular flexibility index (Phi) is 4.32. The molecular weight excluding hydrogens is 324 g/mol. The minimum atomic E-state index is -0.140. The molecule has 4 heterocycles. The highest BCUT2D eigenvalue weighted by molar-refractivity contribution is 7.13. The predicted molar refractivity (Wildman–Crippen MR) is 92.1 cm³/mol. The third kappa shape index (κ3) is 2.95. The van der Waals surface area contributed by atoms with Crippen LogP contribution in [0.1, 0.15) is 43.8 Å². The van der Waals surface area contributed by atoms with Crippen molar-refractivity contribution in [2.24, 2.45) is 0 Å². The number of anilines is 1. The van der Waals surface area contributed by atoms with Crippen molar-refractivity contribution in [3.63, 3.8) is 0 Å². The summed E-state index contributed by atoms with van der Waals surface area (Å²) >= 11 is 1.45. The van der Waals surface area contributed by atoms with E-state index in [4.69, 9.17) is 0 Å². The van der Waals surface area contributed by atoms with Crippen LogP contribution in [0, 0.1) is 0 Å². The summed E-state index contributed by atoms with van der Waals surface area (Å²) in [7, 11) is 0. The van der Waals surface area contributed by atoms with E-state index in [-0.39, 0.29) is 11.9 Å². The van der Waals surface area contributed by atoms with Crippen molar-refractivity contribution in [3.8, 4) is 0 Å². The molecule has 2 aliphatic heterocycles. The Hall–Kier alpha value is -1.80. The molecule has 128 valence electrons. The van der Waals surface area contributed by atoms with Crippen LogP contribution in [-0.2, 0) is 17.8 Å². The summed E-state index contributed by atoms with van der Waals surface area (Å²) in [6.45, 7) is 4.86. The lowest BCUT2D eigenvalue weighted by Gasteiger charge is -2.34. The van der Waals surface area contributed by atoms with Crippen molar-refractivity contribution in [3.05, 3.63) is 23.2 Å². The van der Waals surface area contributed by atoms with Gasteiger partial charge in [0.1, 0.15) is 11.6 Å². The second kappa shape index (κ2) is 6.60. The number of carbonyl (C=O) groups is 1. The highest BCUT2D eigenvalue weighted by atomic mass is 32.1. The molecule has 2 aromatic rings. The molecule has 1 saturated heterocycles. The van der Waals surface area contributed by atoms with Crippen LogP contribution in [0.25, 0.3) is 0 Å². The fourth-order valence-corrected chi connectivity index (χ4v) is 4.21. The molecule has 1 fully saturated rings. The van der Waals surface area contributed by atoms with Crippen molar-refractivity contribution in [2.75, 3.05) is 18.4 Å². The van der Waals surface area contributed by atoms with Gasteiger partial charge >= 0.3 is 0 Å². The van der Waals surface area contributed by atoms with Gasteiger partial charge in [0.2, 0.25) is 5.91 Å². The molecule has 1 N–H and O–H groups in total. The summed E-state index contributed by atoms with van der Waals surface area (Å²) in [4.78, 5) is 18.7. The number of nitrogens with zero attached hydrogens (tertiary/aromatic N) is 5. The van der Waals surface area contributed by atoms with Gasteiger partial charge in [-0.2, -0.15) is 0 Å². The first-order valence-electron chi connectivity index (χ1n) is 8.59. The predicted octanol–water partition coefficient (Wildman–Crippen LogP) is 1.89. The molecule has 8 heteroatoms. The quantitative estimate of drug-likeness (QED) is 0.915. The normalized spacial score (nSPS) is 20.0. The van der Waals surface area contributed by atoms with Gasteiger partial charge in [0, 0.05) is 30.5 Å². The third-order valence-corrected chi connectivity index (χ3v) is 5.81. The Morgan fingerprint density at radius 3 is 2.92 bits per heavy atom. The Balaban J connectivity index is 1.34. The molecule has 2 aromatic heterocycles. The lowest BCUT2D eigenvalue weighted by Crippen LogP contribution is -2.46. The molecule has 1 atom stereocenters. The van der Waals surface area contributed by atoms with Crippen molar-refractivity contribution in [1.82, 2.24) is 24.6 Å². The molecule has 0 radical (unpaired) electrons. The summed E-state index contributed by atoms with van der Waals surface area (Å²) < 4.78 is 2.30. The van der Waals surface area contributed by atoms with Gasteiger partial charge in [-0.1, -0.05) is 0 Å². The van der Waals surface area contributed by atoms with E-state index in [0.29, 0.717) is 11.0 Å². The number of fused-ring (bicyclic) bond motifs is 1. The number of rotatable bonds is 4. The minimum Gasteiger partial charge on any atom is -0.315 e. The first kappa shape index (κ1) is 15.7. The fraction of sp³-hybridized carbons (Fsp3) is 0.625. The maximum atomic E-state index is 12.4. The Morgan fingerprint density at radius 1 is 1.33 bits per heavy atom. The number of hydrogen-bond acceptors (Lipinski definition) is 6. The number of carbonyl (C=O) groups excluding carboxylic acids is 1. The number of likely N-dealkylation sites (tertiary alicyclic amines) is 1. The number of thiazole rings is 1. The van der Waals surface area contributed by atoms with Gasteiger partial charge in [-0.05, 0) is 39.3 Å². The van der Waals surface area contributed by atoms with E-state index in [0.717, 1.165) is 50.5 Å². The topological polar surface area (TPSA) is 75.9 Å². The lowest BCUT2D eigenvalue weighted by atomic mass is 9.95. The molecule has 0 aliphatic carbocycles. The summed E-state index contributed by atoms with van der Waals surface area (Å²) in [6, 6.07) is -0.140. The molecule has 0 bridgehead atoms. The van der Waals surface area contributed by atoms with E-state index in [1.54, 1.807) is 6.20 Å². The SMILES string of the molecule is C[C@@H](C(=O)Nc1nccs1)N1CCC(c2nnc3n2CCC3)CC1. The van der Waals surface area contributed by atoms with Gasteiger partial charge in [-0.3, -0.25) is 9.69 Å². The van der Waals surface area contributed by atoms with Crippen molar-refractivity contribution in [2.45, 2.75) is 51.1 Å². The van der Waals surface area contributed by atoms with Gasteiger partial charge < -0.3 is 9.88 Å². The van der Waals surface area contributed by atoms with Crippen LogP contribution < -0.4 is 5.32 Å². The van der Waals surface area contributed by atoms with Crippen molar-refractivity contribution in [1.29, 1.82) is 0 Å². The van der Waals surface area contributed by atoms with E-state index in [1.807, 2.05) is 12.3 Å². The van der Waals surface area contributed by atoms with Crippen LogP contribution in [0.3, 0.4) is 0 Å². The first-order chi connectivity index (χ1) is 11.7. The number of piperidine rings is 1. The molecule has 7 nitrogen and oxygen atoms in total. The molecule has 4 rings (SSSR count). The Labute approximate surface area is 145 Å². The van der Waals surface area contributed by atoms with Crippen LogP contribution in [-0.4, -0.2) is 49.7 Å². The number of hydrogen-bond donors (Lipinski definition) is 1. The average Bonchev–Trinajstić information content (AvgIpc) is 3.32. The maximum Gasteiger partial charge on any atom is 0.243 e. The second-order valence-electron chi connectivity index (χ2n) is 6.54. The van der Waals surface area contributed by atoms with E-state index < -0.39 is 0 Å². The first-order valence-corrected chi connectivity index (χ1v) is 9.46. The van der Waals surface area contributed by atoms with Crippen LogP contribution >= 0.6 is 11.3 Å². The zero-order valence-corrected chi connectivity index (χ0v) is 14.6. The van der Waals surface area contributed by atoms with Crippen LogP contribution in [0.2, 0.25) is 0 Å². The molecular formula is C16H22N6OS. The van der Waals surface area contributed by atoms with E-state index in [2.05, 4.69) is 30.0 Å². The molecule has 2 aliphatic rings. The van der Waals surface area contributed by atoms with E-state index in [1.165, 1.54) is 17.8 Å². The fourth-order valence-electron chi connectivity index (χ4n) is 3.68. The Morgan fingerprint density at radius 2 is 2.17 bits per heavy atom. The number of aromatic nitrogens is 4. The number of amides is 1. The van der Waals surface area contributed by atoms with E-state index >= 15 is 0 Å². The Bertz CT molecular complexity index is 704. The summed E-state index contributed by atoms with van der Waals surface area (Å²) in [5.41, 5.74) is 0.